The van der Waals surface area contributed by atoms with E-state index in [2.05, 4.69) is 23.7 Å². The summed E-state index contributed by atoms with van der Waals surface area (Å²) in [6.07, 6.45) is 7.74. The molecule has 3 aliphatic rings. The van der Waals surface area contributed by atoms with E-state index >= 15 is 0 Å². The van der Waals surface area contributed by atoms with Gasteiger partial charge in [-0.3, -0.25) is 9.69 Å². The number of hydrogen-bond donors (Lipinski definition) is 0. The van der Waals surface area contributed by atoms with Crippen molar-refractivity contribution in [1.82, 2.24) is 19.4 Å². The number of likely N-dealkylation sites (tertiary alicyclic amines) is 1. The molecule has 1 unspecified atom stereocenters. The number of halogens is 1. The number of fused-ring (bicyclic) bond motifs is 1. The zero-order valence-electron chi connectivity index (χ0n) is 16.6. The maximum Gasteiger partial charge on any atom is 0.243 e. The van der Waals surface area contributed by atoms with Gasteiger partial charge in [-0.05, 0) is 57.0 Å². The van der Waals surface area contributed by atoms with Crippen LogP contribution in [0.3, 0.4) is 0 Å². The molecule has 3 saturated heterocycles. The van der Waals surface area contributed by atoms with Crippen molar-refractivity contribution in [1.29, 1.82) is 0 Å². The van der Waals surface area contributed by atoms with Gasteiger partial charge in [0.15, 0.2) is 0 Å². The van der Waals surface area contributed by atoms with Crippen LogP contribution in [-0.4, -0.2) is 50.4 Å². The lowest BCUT2D eigenvalue weighted by molar-refractivity contribution is -0.163. The monoisotopic (exact) mass is 382 g/mol. The highest BCUT2D eigenvalue weighted by molar-refractivity contribution is 5.88. The smallest absolute Gasteiger partial charge is 0.243 e. The quantitative estimate of drug-likeness (QED) is 0.815. The molecule has 3 aliphatic heterocycles. The van der Waals surface area contributed by atoms with E-state index in [1.807, 2.05) is 21.7 Å². The first-order valence-corrected chi connectivity index (χ1v) is 10.3. The Kier molecular flexibility index (Phi) is 3.92. The second-order valence-electron chi connectivity index (χ2n) is 9.19. The number of carbonyl (C=O) groups excluding carboxylic acids is 1. The highest BCUT2D eigenvalue weighted by Crippen LogP contribution is 2.51. The number of rotatable bonds is 3. The van der Waals surface area contributed by atoms with Crippen molar-refractivity contribution in [2.45, 2.75) is 51.1 Å². The van der Waals surface area contributed by atoms with Crippen LogP contribution in [-0.2, 0) is 4.79 Å². The maximum atomic E-state index is 13.8. The van der Waals surface area contributed by atoms with E-state index < -0.39 is 0 Å². The summed E-state index contributed by atoms with van der Waals surface area (Å²) in [5, 5.41) is 0. The molecule has 5 rings (SSSR count). The van der Waals surface area contributed by atoms with Crippen LogP contribution in [0, 0.1) is 11.2 Å². The summed E-state index contributed by atoms with van der Waals surface area (Å²) in [7, 11) is 0. The van der Waals surface area contributed by atoms with Crippen LogP contribution < -0.4 is 0 Å². The van der Waals surface area contributed by atoms with E-state index in [-0.39, 0.29) is 28.7 Å². The van der Waals surface area contributed by atoms with E-state index in [0.29, 0.717) is 0 Å². The summed E-state index contributed by atoms with van der Waals surface area (Å²) >= 11 is 0. The highest BCUT2D eigenvalue weighted by Gasteiger charge is 2.58. The first-order valence-electron chi connectivity index (χ1n) is 10.3. The topological polar surface area (TPSA) is 41.4 Å². The first kappa shape index (κ1) is 17.9. The number of amides is 1. The molecule has 0 spiro atoms. The van der Waals surface area contributed by atoms with Gasteiger partial charge in [0.2, 0.25) is 5.91 Å². The number of benzene rings is 1. The van der Waals surface area contributed by atoms with Gasteiger partial charge in [0.25, 0.3) is 0 Å². The van der Waals surface area contributed by atoms with E-state index in [4.69, 9.17) is 0 Å². The number of carbonyl (C=O) groups is 1. The molecule has 0 bridgehead atoms. The van der Waals surface area contributed by atoms with Crippen molar-refractivity contribution in [3.05, 3.63) is 48.3 Å². The molecule has 0 aliphatic carbocycles. The standard InChI is InChI=1S/C22H27FN4O/c1-21(2)15-27(20(28)22-8-4-11-25(22)12-5-9-22)18(21)19-24-10-13-26(19)17-7-3-6-16(23)14-17/h3,6-7,10,13-14,18H,4-5,8-9,11-12,15H2,1-2H3. The van der Waals surface area contributed by atoms with Crippen LogP contribution in [0.5, 0.6) is 0 Å². The summed E-state index contributed by atoms with van der Waals surface area (Å²) < 4.78 is 15.7. The maximum absolute atomic E-state index is 13.8. The fourth-order valence-electron chi connectivity index (χ4n) is 5.69. The fraction of sp³-hybridized carbons (Fsp3) is 0.545. The SMILES string of the molecule is CC1(C)CN(C(=O)C23CCCN2CCC3)C1c1nccn1-c1cccc(F)c1. The summed E-state index contributed by atoms with van der Waals surface area (Å²) in [4.78, 5) is 22.8. The third-order valence-corrected chi connectivity index (χ3v) is 6.93. The van der Waals surface area contributed by atoms with Crippen molar-refractivity contribution in [3.63, 3.8) is 0 Å². The molecule has 1 aromatic carbocycles. The molecule has 148 valence electrons. The van der Waals surface area contributed by atoms with Gasteiger partial charge in [-0.1, -0.05) is 19.9 Å². The van der Waals surface area contributed by atoms with Gasteiger partial charge in [0.05, 0.1) is 6.04 Å². The molecule has 1 amide bonds. The lowest BCUT2D eigenvalue weighted by atomic mass is 9.72. The third-order valence-electron chi connectivity index (χ3n) is 6.93. The Balaban J connectivity index is 1.51. The zero-order chi connectivity index (χ0) is 19.5. The summed E-state index contributed by atoms with van der Waals surface area (Å²) in [5.41, 5.74) is 0.375. The van der Waals surface area contributed by atoms with Crippen molar-refractivity contribution in [2.24, 2.45) is 5.41 Å². The Morgan fingerprint density at radius 3 is 2.64 bits per heavy atom. The molecule has 3 fully saturated rings. The molecule has 0 radical (unpaired) electrons. The van der Waals surface area contributed by atoms with Crippen LogP contribution in [0.15, 0.2) is 36.7 Å². The van der Waals surface area contributed by atoms with E-state index in [1.54, 1.807) is 12.3 Å². The molecule has 5 nitrogen and oxygen atoms in total. The van der Waals surface area contributed by atoms with Gasteiger partial charge in [0, 0.05) is 30.0 Å². The van der Waals surface area contributed by atoms with Crippen LogP contribution in [0.25, 0.3) is 5.69 Å². The second kappa shape index (κ2) is 6.14. The van der Waals surface area contributed by atoms with E-state index in [1.165, 1.54) is 12.1 Å². The lowest BCUT2D eigenvalue weighted by Gasteiger charge is -2.56. The Hall–Kier alpha value is -2.21. The third kappa shape index (κ3) is 2.47. The molecule has 0 saturated carbocycles. The Morgan fingerprint density at radius 1 is 1.21 bits per heavy atom. The average Bonchev–Trinajstić information content (AvgIpc) is 3.35. The average molecular weight is 382 g/mol. The first-order chi connectivity index (χ1) is 13.4. The van der Waals surface area contributed by atoms with E-state index in [0.717, 1.165) is 56.8 Å². The lowest BCUT2D eigenvalue weighted by Crippen LogP contribution is -2.65. The summed E-state index contributed by atoms with van der Waals surface area (Å²) in [6, 6.07) is 6.43. The van der Waals surface area contributed by atoms with E-state index in [9.17, 15) is 9.18 Å². The molecule has 0 N–H and O–H groups in total. The molecule has 1 atom stereocenters. The largest absolute Gasteiger partial charge is 0.330 e. The number of aromatic nitrogens is 2. The molecular formula is C22H27FN4O. The summed E-state index contributed by atoms with van der Waals surface area (Å²) in [5.74, 6) is 0.805. The molecular weight excluding hydrogens is 355 g/mol. The van der Waals surface area contributed by atoms with Crippen LogP contribution in [0.1, 0.15) is 51.4 Å². The minimum atomic E-state index is -0.301. The second-order valence-corrected chi connectivity index (χ2v) is 9.19. The minimum absolute atomic E-state index is 0.0647. The molecule has 28 heavy (non-hydrogen) atoms. The van der Waals surface area contributed by atoms with Crippen molar-refractivity contribution >= 4 is 5.91 Å². The number of hydrogen-bond acceptors (Lipinski definition) is 3. The highest BCUT2D eigenvalue weighted by atomic mass is 19.1. The fourth-order valence-corrected chi connectivity index (χ4v) is 5.69. The summed E-state index contributed by atoms with van der Waals surface area (Å²) in [6.45, 7) is 7.18. The van der Waals surface area contributed by atoms with Crippen molar-refractivity contribution in [3.8, 4) is 5.69 Å². The van der Waals surface area contributed by atoms with Gasteiger partial charge in [-0.25, -0.2) is 9.37 Å². The normalized spacial score (nSPS) is 25.5. The van der Waals surface area contributed by atoms with Gasteiger partial charge in [-0.2, -0.15) is 0 Å². The number of nitrogens with zero attached hydrogens (tertiary/aromatic N) is 4. The Bertz CT molecular complexity index is 911. The number of imidazole rings is 1. The Labute approximate surface area is 165 Å². The minimum Gasteiger partial charge on any atom is -0.330 e. The predicted molar refractivity (Wildman–Crippen MR) is 105 cm³/mol. The van der Waals surface area contributed by atoms with Gasteiger partial charge in [-0.15, -0.1) is 0 Å². The van der Waals surface area contributed by atoms with Gasteiger partial charge < -0.3 is 9.47 Å². The van der Waals surface area contributed by atoms with Crippen molar-refractivity contribution < 1.29 is 9.18 Å². The zero-order valence-corrected chi connectivity index (χ0v) is 16.6. The predicted octanol–water partition coefficient (Wildman–Crippen LogP) is 3.55. The van der Waals surface area contributed by atoms with Crippen molar-refractivity contribution in [2.75, 3.05) is 19.6 Å². The molecule has 6 heteroatoms. The molecule has 2 aromatic rings. The van der Waals surface area contributed by atoms with Crippen LogP contribution in [0.4, 0.5) is 4.39 Å². The van der Waals surface area contributed by atoms with Crippen LogP contribution in [0.2, 0.25) is 0 Å². The van der Waals surface area contributed by atoms with Crippen LogP contribution >= 0.6 is 0 Å². The Morgan fingerprint density at radius 2 is 1.96 bits per heavy atom. The van der Waals surface area contributed by atoms with Gasteiger partial charge in [0.1, 0.15) is 17.2 Å². The molecule has 4 heterocycles. The van der Waals surface area contributed by atoms with Gasteiger partial charge >= 0.3 is 0 Å². The molecule has 1 aromatic heterocycles.